The fraction of sp³-hybridized carbons (Fsp3) is 0.667. The Morgan fingerprint density at radius 1 is 1.46 bits per heavy atom. The SMILES string of the molecule is COCCOCc1cnn(C)c1C. The van der Waals surface area contributed by atoms with Crippen molar-refractivity contribution < 1.29 is 9.47 Å². The Morgan fingerprint density at radius 3 is 2.77 bits per heavy atom. The number of hydrogen-bond acceptors (Lipinski definition) is 3. The lowest BCUT2D eigenvalue weighted by molar-refractivity contribution is 0.0614. The van der Waals surface area contributed by atoms with Crippen LogP contribution in [0.5, 0.6) is 0 Å². The number of nitrogens with zero attached hydrogens (tertiary/aromatic N) is 2. The highest BCUT2D eigenvalue weighted by Gasteiger charge is 2.02. The molecule has 0 N–H and O–H groups in total. The summed E-state index contributed by atoms with van der Waals surface area (Å²) >= 11 is 0. The van der Waals surface area contributed by atoms with Crippen LogP contribution < -0.4 is 0 Å². The van der Waals surface area contributed by atoms with E-state index in [4.69, 9.17) is 9.47 Å². The number of rotatable bonds is 5. The average molecular weight is 184 g/mol. The molecule has 0 amide bonds. The third-order valence-electron chi connectivity index (χ3n) is 2.03. The minimum atomic E-state index is 0.614. The summed E-state index contributed by atoms with van der Waals surface area (Å²) in [5.41, 5.74) is 2.29. The van der Waals surface area contributed by atoms with Gasteiger partial charge in [0.2, 0.25) is 0 Å². The highest BCUT2D eigenvalue weighted by Crippen LogP contribution is 2.06. The molecule has 0 radical (unpaired) electrons. The lowest BCUT2D eigenvalue weighted by atomic mass is 10.3. The Morgan fingerprint density at radius 2 is 2.23 bits per heavy atom. The summed E-state index contributed by atoms with van der Waals surface area (Å²) in [5.74, 6) is 0. The summed E-state index contributed by atoms with van der Waals surface area (Å²) in [7, 11) is 3.59. The van der Waals surface area contributed by atoms with Gasteiger partial charge >= 0.3 is 0 Å². The molecular formula is C9H16N2O2. The van der Waals surface area contributed by atoms with Gasteiger partial charge in [-0.15, -0.1) is 0 Å². The summed E-state index contributed by atoms with van der Waals surface area (Å²) in [6.07, 6.45) is 1.84. The predicted octanol–water partition coefficient (Wildman–Crippen LogP) is 0.892. The number of ether oxygens (including phenoxy) is 2. The molecule has 1 aromatic heterocycles. The Balaban J connectivity index is 2.32. The minimum absolute atomic E-state index is 0.614. The van der Waals surface area contributed by atoms with Gasteiger partial charge in [0.05, 0.1) is 26.0 Å². The highest BCUT2D eigenvalue weighted by molar-refractivity contribution is 5.14. The largest absolute Gasteiger partial charge is 0.382 e. The molecule has 1 heterocycles. The fourth-order valence-corrected chi connectivity index (χ4v) is 1.01. The van der Waals surface area contributed by atoms with E-state index >= 15 is 0 Å². The van der Waals surface area contributed by atoms with Crippen LogP contribution in [0.15, 0.2) is 6.20 Å². The Labute approximate surface area is 78.5 Å². The summed E-state index contributed by atoms with van der Waals surface area (Å²) in [6, 6.07) is 0. The maximum atomic E-state index is 5.38. The van der Waals surface area contributed by atoms with E-state index in [9.17, 15) is 0 Å². The quantitative estimate of drug-likeness (QED) is 0.638. The van der Waals surface area contributed by atoms with Crippen molar-refractivity contribution in [3.8, 4) is 0 Å². The topological polar surface area (TPSA) is 36.3 Å². The van der Waals surface area contributed by atoms with E-state index in [0.717, 1.165) is 11.3 Å². The standard InChI is InChI=1S/C9H16N2O2/c1-8-9(6-10-11(8)2)7-13-5-4-12-3/h6H,4-5,7H2,1-3H3. The van der Waals surface area contributed by atoms with Gasteiger partial charge in [0.1, 0.15) is 0 Å². The molecule has 0 aliphatic rings. The second-order valence-corrected chi connectivity index (χ2v) is 2.92. The molecular weight excluding hydrogens is 168 g/mol. The van der Waals surface area contributed by atoms with Gasteiger partial charge in [0.25, 0.3) is 0 Å². The van der Waals surface area contributed by atoms with Crippen molar-refractivity contribution in [2.45, 2.75) is 13.5 Å². The number of methoxy groups -OCH3 is 1. The van der Waals surface area contributed by atoms with Crippen LogP contribution in [-0.4, -0.2) is 30.1 Å². The van der Waals surface area contributed by atoms with Gasteiger partial charge in [0, 0.05) is 25.4 Å². The highest BCUT2D eigenvalue weighted by atomic mass is 16.5. The van der Waals surface area contributed by atoms with Gasteiger partial charge in [-0.05, 0) is 6.92 Å². The first-order valence-electron chi connectivity index (χ1n) is 4.30. The second-order valence-electron chi connectivity index (χ2n) is 2.92. The van der Waals surface area contributed by atoms with Crippen LogP contribution in [0.3, 0.4) is 0 Å². The van der Waals surface area contributed by atoms with Crippen molar-refractivity contribution in [1.29, 1.82) is 0 Å². The van der Waals surface area contributed by atoms with E-state index in [1.165, 1.54) is 0 Å². The Kier molecular flexibility index (Phi) is 3.92. The van der Waals surface area contributed by atoms with Gasteiger partial charge < -0.3 is 9.47 Å². The van der Waals surface area contributed by atoms with Crippen LogP contribution in [0.1, 0.15) is 11.3 Å². The first kappa shape index (κ1) is 10.2. The molecule has 0 saturated carbocycles. The molecule has 0 atom stereocenters. The summed E-state index contributed by atoms with van der Waals surface area (Å²) in [4.78, 5) is 0. The van der Waals surface area contributed by atoms with Crippen molar-refractivity contribution >= 4 is 0 Å². The molecule has 0 bridgehead atoms. The maximum Gasteiger partial charge on any atom is 0.0751 e. The number of hydrogen-bond donors (Lipinski definition) is 0. The van der Waals surface area contributed by atoms with Gasteiger partial charge in [0.15, 0.2) is 0 Å². The lowest BCUT2D eigenvalue weighted by Gasteiger charge is -2.02. The van der Waals surface area contributed by atoms with Crippen LogP contribution >= 0.6 is 0 Å². The van der Waals surface area contributed by atoms with Gasteiger partial charge in [-0.2, -0.15) is 5.10 Å². The molecule has 74 valence electrons. The Bertz CT molecular complexity index is 258. The van der Waals surface area contributed by atoms with E-state index in [-0.39, 0.29) is 0 Å². The normalized spacial score (nSPS) is 10.7. The fourth-order valence-electron chi connectivity index (χ4n) is 1.01. The first-order valence-corrected chi connectivity index (χ1v) is 4.30. The van der Waals surface area contributed by atoms with Crippen molar-refractivity contribution in [1.82, 2.24) is 9.78 Å². The second kappa shape index (κ2) is 4.99. The zero-order valence-electron chi connectivity index (χ0n) is 8.41. The first-order chi connectivity index (χ1) is 6.25. The molecule has 0 aromatic carbocycles. The predicted molar refractivity (Wildman–Crippen MR) is 49.5 cm³/mol. The van der Waals surface area contributed by atoms with Crippen LogP contribution in [0.4, 0.5) is 0 Å². The maximum absolute atomic E-state index is 5.38. The monoisotopic (exact) mass is 184 g/mol. The molecule has 0 spiro atoms. The molecule has 0 fully saturated rings. The van der Waals surface area contributed by atoms with E-state index in [0.29, 0.717) is 19.8 Å². The van der Waals surface area contributed by atoms with Crippen LogP contribution in [0, 0.1) is 6.92 Å². The molecule has 4 nitrogen and oxygen atoms in total. The van der Waals surface area contributed by atoms with E-state index in [2.05, 4.69) is 5.10 Å². The third kappa shape index (κ3) is 2.82. The zero-order valence-corrected chi connectivity index (χ0v) is 8.41. The Hall–Kier alpha value is -0.870. The average Bonchev–Trinajstić information content (AvgIpc) is 2.43. The van der Waals surface area contributed by atoms with Crippen molar-refractivity contribution in [3.63, 3.8) is 0 Å². The number of aromatic nitrogens is 2. The minimum Gasteiger partial charge on any atom is -0.382 e. The van der Waals surface area contributed by atoms with Gasteiger partial charge in [-0.25, -0.2) is 0 Å². The molecule has 1 rings (SSSR count). The molecule has 0 saturated heterocycles. The van der Waals surface area contributed by atoms with Crippen LogP contribution in [0.2, 0.25) is 0 Å². The summed E-state index contributed by atoms with van der Waals surface area (Å²) in [6.45, 7) is 3.91. The van der Waals surface area contributed by atoms with Crippen LogP contribution in [0.25, 0.3) is 0 Å². The van der Waals surface area contributed by atoms with E-state index in [1.54, 1.807) is 7.11 Å². The van der Waals surface area contributed by atoms with Crippen molar-refractivity contribution in [2.75, 3.05) is 20.3 Å². The lowest BCUT2D eigenvalue weighted by Crippen LogP contribution is -2.02. The molecule has 1 aromatic rings. The van der Waals surface area contributed by atoms with Gasteiger partial charge in [-0.3, -0.25) is 4.68 Å². The van der Waals surface area contributed by atoms with E-state index < -0.39 is 0 Å². The third-order valence-corrected chi connectivity index (χ3v) is 2.03. The smallest absolute Gasteiger partial charge is 0.0751 e. The van der Waals surface area contributed by atoms with E-state index in [1.807, 2.05) is 24.9 Å². The molecule has 13 heavy (non-hydrogen) atoms. The van der Waals surface area contributed by atoms with Crippen molar-refractivity contribution in [3.05, 3.63) is 17.5 Å². The summed E-state index contributed by atoms with van der Waals surface area (Å²) < 4.78 is 12.1. The van der Waals surface area contributed by atoms with Gasteiger partial charge in [-0.1, -0.05) is 0 Å². The summed E-state index contributed by atoms with van der Waals surface area (Å²) in [5, 5.41) is 4.12. The molecule has 0 unspecified atom stereocenters. The van der Waals surface area contributed by atoms with Crippen LogP contribution in [-0.2, 0) is 23.1 Å². The number of aryl methyl sites for hydroxylation is 1. The van der Waals surface area contributed by atoms with Crippen molar-refractivity contribution in [2.24, 2.45) is 7.05 Å². The molecule has 0 aliphatic carbocycles. The molecule has 0 aliphatic heterocycles. The molecule has 4 heteroatoms. The zero-order chi connectivity index (χ0) is 9.68.